The highest BCUT2D eigenvalue weighted by molar-refractivity contribution is 7.92. The Kier molecular flexibility index (Phi) is 4.35. The molecule has 108 valence electrons. The average molecular weight is 299 g/mol. The van der Waals surface area contributed by atoms with E-state index in [1.807, 2.05) is 0 Å². The summed E-state index contributed by atoms with van der Waals surface area (Å²) >= 11 is 0. The molecule has 2 rings (SSSR count). The molecule has 0 saturated carbocycles. The summed E-state index contributed by atoms with van der Waals surface area (Å²) in [6, 6.07) is 5.01. The third kappa shape index (κ3) is 3.55. The highest BCUT2D eigenvalue weighted by Crippen LogP contribution is 2.15. The van der Waals surface area contributed by atoms with Crippen LogP contribution in [0.25, 0.3) is 0 Å². The Morgan fingerprint density at radius 3 is 2.65 bits per heavy atom. The van der Waals surface area contributed by atoms with Gasteiger partial charge in [0.2, 0.25) is 0 Å². The number of halogens is 1. The number of benzene rings is 1. The van der Waals surface area contributed by atoms with E-state index in [1.54, 1.807) is 0 Å². The van der Waals surface area contributed by atoms with E-state index in [9.17, 15) is 12.8 Å². The molecule has 20 heavy (non-hydrogen) atoms. The van der Waals surface area contributed by atoms with Crippen molar-refractivity contribution >= 4 is 15.7 Å². The monoisotopic (exact) mass is 299 g/mol. The lowest BCUT2D eigenvalue weighted by molar-refractivity contribution is 0.277. The SMILES string of the molecule is O=S(=O)(Nc1ccc(F)cc1)c1cnn(CCCO)c1. The van der Waals surface area contributed by atoms with Crippen molar-refractivity contribution in [3.8, 4) is 0 Å². The Hall–Kier alpha value is -1.93. The Bertz CT molecular complexity index is 668. The van der Waals surface area contributed by atoms with Gasteiger partial charge in [0, 0.05) is 25.0 Å². The van der Waals surface area contributed by atoms with Gasteiger partial charge in [-0.25, -0.2) is 12.8 Å². The van der Waals surface area contributed by atoms with E-state index in [0.717, 1.165) is 0 Å². The maximum atomic E-state index is 12.8. The number of aliphatic hydroxyl groups excluding tert-OH is 1. The molecular weight excluding hydrogens is 285 g/mol. The lowest BCUT2D eigenvalue weighted by Crippen LogP contribution is -2.12. The number of rotatable bonds is 6. The highest BCUT2D eigenvalue weighted by Gasteiger charge is 2.16. The molecule has 1 aromatic carbocycles. The number of nitrogens with zero attached hydrogens (tertiary/aromatic N) is 2. The van der Waals surface area contributed by atoms with Gasteiger partial charge in [-0.3, -0.25) is 9.40 Å². The lowest BCUT2D eigenvalue weighted by atomic mass is 10.3. The van der Waals surface area contributed by atoms with Crippen molar-refractivity contribution in [3.63, 3.8) is 0 Å². The molecule has 0 unspecified atom stereocenters. The molecule has 1 heterocycles. The molecule has 1 aromatic heterocycles. The molecule has 0 bridgehead atoms. The molecule has 0 fully saturated rings. The van der Waals surface area contributed by atoms with Crippen molar-refractivity contribution < 1.29 is 17.9 Å². The summed E-state index contributed by atoms with van der Waals surface area (Å²) in [6.45, 7) is 0.443. The first kappa shape index (κ1) is 14.5. The van der Waals surface area contributed by atoms with E-state index in [-0.39, 0.29) is 17.2 Å². The van der Waals surface area contributed by atoms with Gasteiger partial charge in [-0.05, 0) is 30.7 Å². The number of aryl methyl sites for hydroxylation is 1. The Balaban J connectivity index is 2.13. The molecule has 0 aliphatic carbocycles. The molecule has 0 aliphatic heterocycles. The fourth-order valence-electron chi connectivity index (χ4n) is 1.57. The average Bonchev–Trinajstić information content (AvgIpc) is 2.88. The second-order valence-electron chi connectivity index (χ2n) is 4.13. The van der Waals surface area contributed by atoms with Gasteiger partial charge in [-0.1, -0.05) is 0 Å². The van der Waals surface area contributed by atoms with Crippen molar-refractivity contribution in [3.05, 3.63) is 42.5 Å². The molecule has 0 spiro atoms. The van der Waals surface area contributed by atoms with Crippen molar-refractivity contribution in [1.29, 1.82) is 0 Å². The number of sulfonamides is 1. The Morgan fingerprint density at radius 2 is 2.00 bits per heavy atom. The van der Waals surface area contributed by atoms with Crippen LogP contribution in [0.1, 0.15) is 6.42 Å². The van der Waals surface area contributed by atoms with Crippen molar-refractivity contribution in [2.45, 2.75) is 17.9 Å². The maximum absolute atomic E-state index is 12.8. The van der Waals surface area contributed by atoms with Crippen LogP contribution in [0.15, 0.2) is 41.6 Å². The largest absolute Gasteiger partial charge is 0.396 e. The lowest BCUT2D eigenvalue weighted by Gasteiger charge is -2.05. The Labute approximate surface area is 115 Å². The van der Waals surface area contributed by atoms with Crippen LogP contribution in [-0.2, 0) is 16.6 Å². The normalized spacial score (nSPS) is 11.5. The minimum absolute atomic E-state index is 0.00970. The van der Waals surface area contributed by atoms with Crippen LogP contribution in [0.3, 0.4) is 0 Å². The molecular formula is C12H14FN3O3S. The zero-order valence-corrected chi connectivity index (χ0v) is 11.3. The summed E-state index contributed by atoms with van der Waals surface area (Å²) in [5.41, 5.74) is 0.273. The highest BCUT2D eigenvalue weighted by atomic mass is 32.2. The summed E-state index contributed by atoms with van der Waals surface area (Å²) in [5, 5.41) is 12.6. The minimum Gasteiger partial charge on any atom is -0.396 e. The standard InChI is InChI=1S/C12H14FN3O3S/c13-10-2-4-11(5-3-10)15-20(18,19)12-8-14-16(9-12)6-1-7-17/h2-5,8-9,15,17H,1,6-7H2. The van der Waals surface area contributed by atoms with Gasteiger partial charge in [0.1, 0.15) is 10.7 Å². The van der Waals surface area contributed by atoms with Crippen molar-refractivity contribution in [2.75, 3.05) is 11.3 Å². The van der Waals surface area contributed by atoms with E-state index < -0.39 is 15.8 Å². The maximum Gasteiger partial charge on any atom is 0.265 e. The fourth-order valence-corrected chi connectivity index (χ4v) is 2.58. The van der Waals surface area contributed by atoms with Crippen LogP contribution >= 0.6 is 0 Å². The molecule has 0 radical (unpaired) electrons. The van der Waals surface area contributed by atoms with Gasteiger partial charge < -0.3 is 5.11 Å². The van der Waals surface area contributed by atoms with E-state index in [4.69, 9.17) is 5.11 Å². The van der Waals surface area contributed by atoms with E-state index in [2.05, 4.69) is 9.82 Å². The molecule has 6 nitrogen and oxygen atoms in total. The predicted molar refractivity (Wildman–Crippen MR) is 71.1 cm³/mol. The van der Waals surface area contributed by atoms with Gasteiger partial charge in [0.05, 0.1) is 6.20 Å². The number of hydrogen-bond acceptors (Lipinski definition) is 4. The molecule has 0 aliphatic rings. The third-order valence-electron chi connectivity index (χ3n) is 2.56. The summed E-state index contributed by atoms with van der Waals surface area (Å²) in [7, 11) is -3.75. The first-order valence-corrected chi connectivity index (χ1v) is 7.41. The minimum atomic E-state index is -3.75. The molecule has 0 saturated heterocycles. The van der Waals surface area contributed by atoms with Crippen LogP contribution in [0.5, 0.6) is 0 Å². The molecule has 0 amide bonds. The van der Waals surface area contributed by atoms with Crippen LogP contribution in [-0.4, -0.2) is 29.9 Å². The summed E-state index contributed by atoms with van der Waals surface area (Å²) in [6.07, 6.45) is 3.09. The molecule has 2 aromatic rings. The zero-order chi connectivity index (χ0) is 14.6. The smallest absolute Gasteiger partial charge is 0.265 e. The number of aromatic nitrogens is 2. The van der Waals surface area contributed by atoms with Crippen LogP contribution in [0.2, 0.25) is 0 Å². The zero-order valence-electron chi connectivity index (χ0n) is 10.5. The van der Waals surface area contributed by atoms with Crippen LogP contribution in [0.4, 0.5) is 10.1 Å². The van der Waals surface area contributed by atoms with Crippen LogP contribution < -0.4 is 4.72 Å². The van der Waals surface area contributed by atoms with Gasteiger partial charge in [-0.15, -0.1) is 0 Å². The third-order valence-corrected chi connectivity index (χ3v) is 3.90. The number of anilines is 1. The summed E-state index contributed by atoms with van der Waals surface area (Å²) in [5.74, 6) is -0.440. The van der Waals surface area contributed by atoms with E-state index in [1.165, 1.54) is 41.3 Å². The van der Waals surface area contributed by atoms with Gasteiger partial charge in [0.25, 0.3) is 10.0 Å². The molecule has 2 N–H and O–H groups in total. The molecule has 0 atom stereocenters. The van der Waals surface area contributed by atoms with Crippen molar-refractivity contribution in [1.82, 2.24) is 9.78 Å². The Morgan fingerprint density at radius 1 is 1.30 bits per heavy atom. The van der Waals surface area contributed by atoms with Crippen molar-refractivity contribution in [2.24, 2.45) is 0 Å². The first-order valence-electron chi connectivity index (χ1n) is 5.93. The van der Waals surface area contributed by atoms with Gasteiger partial charge in [0.15, 0.2) is 0 Å². The number of nitrogens with one attached hydrogen (secondary N) is 1. The quantitative estimate of drug-likeness (QED) is 0.839. The fraction of sp³-hybridized carbons (Fsp3) is 0.250. The topological polar surface area (TPSA) is 84.2 Å². The molecule has 8 heteroatoms. The van der Waals surface area contributed by atoms with Gasteiger partial charge in [-0.2, -0.15) is 5.10 Å². The predicted octanol–water partition coefficient (Wildman–Crippen LogP) is 1.21. The number of hydrogen-bond donors (Lipinski definition) is 2. The summed E-state index contributed by atoms with van der Waals surface area (Å²) < 4.78 is 40.7. The second kappa shape index (κ2) is 6.02. The van der Waals surface area contributed by atoms with E-state index in [0.29, 0.717) is 13.0 Å². The van der Waals surface area contributed by atoms with Gasteiger partial charge >= 0.3 is 0 Å². The summed E-state index contributed by atoms with van der Waals surface area (Å²) in [4.78, 5) is 0.0137. The second-order valence-corrected chi connectivity index (χ2v) is 5.81. The number of aliphatic hydroxyl groups is 1. The van der Waals surface area contributed by atoms with E-state index >= 15 is 0 Å². The first-order chi connectivity index (χ1) is 9.51. The van der Waals surface area contributed by atoms with Crippen LogP contribution in [0, 0.1) is 5.82 Å².